The van der Waals surface area contributed by atoms with Gasteiger partial charge in [-0.15, -0.1) is 11.8 Å². The van der Waals surface area contributed by atoms with Gasteiger partial charge in [0.2, 0.25) is 5.91 Å². The van der Waals surface area contributed by atoms with Gasteiger partial charge in [-0.3, -0.25) is 4.79 Å². The summed E-state index contributed by atoms with van der Waals surface area (Å²) >= 11 is 1.67. The molecule has 0 aromatic carbocycles. The number of carbonyl (C=O) groups is 1. The molecule has 17 heavy (non-hydrogen) atoms. The van der Waals surface area contributed by atoms with Crippen LogP contribution in [0.3, 0.4) is 0 Å². The van der Waals surface area contributed by atoms with Gasteiger partial charge in [-0.25, -0.2) is 0 Å². The molecule has 2 rings (SSSR count). The van der Waals surface area contributed by atoms with Crippen LogP contribution in [-0.2, 0) is 16.1 Å². The number of furan rings is 1. The molecule has 1 N–H and O–H groups in total. The summed E-state index contributed by atoms with van der Waals surface area (Å²) in [6.45, 7) is 3.33. The number of nitrogens with one attached hydrogen (secondary N) is 1. The van der Waals surface area contributed by atoms with Crippen molar-refractivity contribution in [1.82, 2.24) is 5.32 Å². The van der Waals surface area contributed by atoms with Crippen LogP contribution in [0.25, 0.3) is 0 Å². The van der Waals surface area contributed by atoms with E-state index in [9.17, 15) is 4.79 Å². The molecule has 0 spiro atoms. The second-order valence-electron chi connectivity index (χ2n) is 4.07. The average Bonchev–Trinajstić information content (AvgIpc) is 2.95. The van der Waals surface area contributed by atoms with E-state index in [1.54, 1.807) is 18.0 Å². The zero-order chi connectivity index (χ0) is 12.1. The van der Waals surface area contributed by atoms with E-state index in [1.165, 1.54) is 0 Å². The van der Waals surface area contributed by atoms with E-state index >= 15 is 0 Å². The molecular weight excluding hydrogens is 238 g/mol. The average molecular weight is 255 g/mol. The predicted molar refractivity (Wildman–Crippen MR) is 66.8 cm³/mol. The van der Waals surface area contributed by atoms with Crippen molar-refractivity contribution in [3.8, 4) is 0 Å². The monoisotopic (exact) mass is 255 g/mol. The van der Waals surface area contributed by atoms with Crippen molar-refractivity contribution in [2.45, 2.75) is 31.2 Å². The molecule has 94 valence electrons. The molecule has 0 radical (unpaired) electrons. The number of rotatable bonds is 5. The summed E-state index contributed by atoms with van der Waals surface area (Å²) in [6, 6.07) is 3.66. The molecule has 1 aromatic rings. The Hall–Kier alpha value is -0.940. The Kier molecular flexibility index (Phi) is 4.50. The van der Waals surface area contributed by atoms with Crippen LogP contribution in [0.1, 0.15) is 19.1 Å². The van der Waals surface area contributed by atoms with Gasteiger partial charge < -0.3 is 14.5 Å². The van der Waals surface area contributed by atoms with Gasteiger partial charge in [-0.05, 0) is 25.5 Å². The molecule has 1 saturated heterocycles. The van der Waals surface area contributed by atoms with E-state index < -0.39 is 0 Å². The molecule has 0 aliphatic carbocycles. The van der Waals surface area contributed by atoms with Gasteiger partial charge in [0.25, 0.3) is 0 Å². The van der Waals surface area contributed by atoms with E-state index in [2.05, 4.69) is 12.2 Å². The molecule has 1 aliphatic rings. The van der Waals surface area contributed by atoms with Crippen LogP contribution in [-0.4, -0.2) is 29.6 Å². The van der Waals surface area contributed by atoms with Crippen molar-refractivity contribution < 1.29 is 13.9 Å². The minimum atomic E-state index is 0.0468. The van der Waals surface area contributed by atoms with Crippen molar-refractivity contribution >= 4 is 17.7 Å². The molecule has 1 aliphatic heterocycles. The molecule has 0 saturated carbocycles. The summed E-state index contributed by atoms with van der Waals surface area (Å²) in [5.74, 6) is 1.31. The standard InChI is InChI=1S/C12H17NO3S/c1-9-11(4-6-15-9)17-8-12(14)13-7-10-3-2-5-16-10/h2-3,5,9,11H,4,6-8H2,1H3,(H,13,14). The first-order valence-corrected chi connectivity index (χ1v) is 6.83. The van der Waals surface area contributed by atoms with Crippen LogP contribution in [0, 0.1) is 0 Å². The van der Waals surface area contributed by atoms with Gasteiger partial charge >= 0.3 is 0 Å². The SMILES string of the molecule is CC1OCCC1SCC(=O)NCc1ccco1. The predicted octanol–water partition coefficient (Wildman–Crippen LogP) is 1.81. The lowest BCUT2D eigenvalue weighted by atomic mass is 10.3. The van der Waals surface area contributed by atoms with Crippen molar-refractivity contribution in [2.75, 3.05) is 12.4 Å². The van der Waals surface area contributed by atoms with Gasteiger partial charge in [0.1, 0.15) is 5.76 Å². The summed E-state index contributed by atoms with van der Waals surface area (Å²) in [5, 5.41) is 3.28. The van der Waals surface area contributed by atoms with Crippen molar-refractivity contribution in [2.24, 2.45) is 0 Å². The summed E-state index contributed by atoms with van der Waals surface area (Å²) in [7, 11) is 0. The van der Waals surface area contributed by atoms with E-state index in [1.807, 2.05) is 12.1 Å². The normalized spacial score (nSPS) is 23.8. The van der Waals surface area contributed by atoms with Crippen molar-refractivity contribution in [3.63, 3.8) is 0 Å². The zero-order valence-corrected chi connectivity index (χ0v) is 10.7. The third kappa shape index (κ3) is 3.78. The second-order valence-corrected chi connectivity index (χ2v) is 5.30. The first-order valence-electron chi connectivity index (χ1n) is 5.78. The summed E-state index contributed by atoms with van der Waals surface area (Å²) in [6.07, 6.45) is 2.91. The van der Waals surface area contributed by atoms with Gasteiger partial charge in [0.05, 0.1) is 24.7 Å². The quantitative estimate of drug-likeness (QED) is 0.871. The Morgan fingerprint density at radius 3 is 3.18 bits per heavy atom. The first kappa shape index (κ1) is 12.5. The third-order valence-corrected chi connectivity index (χ3v) is 4.25. The van der Waals surface area contributed by atoms with Crippen LogP contribution in [0.4, 0.5) is 0 Å². The number of hydrogen-bond acceptors (Lipinski definition) is 4. The molecule has 2 atom stereocenters. The highest BCUT2D eigenvalue weighted by molar-refractivity contribution is 8.00. The van der Waals surface area contributed by atoms with Crippen LogP contribution < -0.4 is 5.32 Å². The van der Waals surface area contributed by atoms with E-state index in [4.69, 9.17) is 9.15 Å². The van der Waals surface area contributed by atoms with Gasteiger partial charge in [0, 0.05) is 11.9 Å². The maximum absolute atomic E-state index is 11.6. The molecule has 2 unspecified atom stereocenters. The number of hydrogen-bond donors (Lipinski definition) is 1. The highest BCUT2D eigenvalue weighted by atomic mass is 32.2. The second kappa shape index (κ2) is 6.12. The number of amides is 1. The minimum Gasteiger partial charge on any atom is -0.467 e. The van der Waals surface area contributed by atoms with E-state index in [-0.39, 0.29) is 12.0 Å². The maximum Gasteiger partial charge on any atom is 0.230 e. The third-order valence-electron chi connectivity index (χ3n) is 2.78. The largest absolute Gasteiger partial charge is 0.467 e. The van der Waals surface area contributed by atoms with Gasteiger partial charge in [-0.2, -0.15) is 0 Å². The Bertz CT molecular complexity index is 353. The van der Waals surface area contributed by atoms with Crippen LogP contribution >= 0.6 is 11.8 Å². The lowest BCUT2D eigenvalue weighted by Gasteiger charge is -2.12. The summed E-state index contributed by atoms with van der Waals surface area (Å²) in [5.41, 5.74) is 0. The van der Waals surface area contributed by atoms with Gasteiger partial charge in [-0.1, -0.05) is 0 Å². The van der Waals surface area contributed by atoms with Crippen molar-refractivity contribution in [3.05, 3.63) is 24.2 Å². The van der Waals surface area contributed by atoms with Crippen LogP contribution in [0.15, 0.2) is 22.8 Å². The molecule has 0 bridgehead atoms. The molecule has 5 heteroatoms. The molecule has 2 heterocycles. The number of ether oxygens (including phenoxy) is 1. The highest BCUT2D eigenvalue weighted by Gasteiger charge is 2.25. The maximum atomic E-state index is 11.6. The zero-order valence-electron chi connectivity index (χ0n) is 9.85. The topological polar surface area (TPSA) is 51.5 Å². The molecule has 4 nitrogen and oxygen atoms in total. The number of carbonyl (C=O) groups excluding carboxylic acids is 1. The lowest BCUT2D eigenvalue weighted by molar-refractivity contribution is -0.118. The molecular formula is C12H17NO3S. The van der Waals surface area contributed by atoms with E-state index in [0.29, 0.717) is 17.5 Å². The lowest BCUT2D eigenvalue weighted by Crippen LogP contribution is -2.26. The Balaban J connectivity index is 1.64. The molecule has 1 amide bonds. The van der Waals surface area contributed by atoms with Crippen LogP contribution in [0.5, 0.6) is 0 Å². The first-order chi connectivity index (χ1) is 8.25. The highest BCUT2D eigenvalue weighted by Crippen LogP contribution is 2.25. The number of thioether (sulfide) groups is 1. The van der Waals surface area contributed by atoms with Crippen LogP contribution in [0.2, 0.25) is 0 Å². The minimum absolute atomic E-state index is 0.0468. The fourth-order valence-electron chi connectivity index (χ4n) is 1.76. The molecule has 1 aromatic heterocycles. The van der Waals surface area contributed by atoms with E-state index in [0.717, 1.165) is 18.8 Å². The summed E-state index contributed by atoms with van der Waals surface area (Å²) in [4.78, 5) is 11.6. The smallest absolute Gasteiger partial charge is 0.230 e. The Labute approximate surface area is 105 Å². The Morgan fingerprint density at radius 2 is 2.53 bits per heavy atom. The van der Waals surface area contributed by atoms with Gasteiger partial charge in [0.15, 0.2) is 0 Å². The molecule has 1 fully saturated rings. The Morgan fingerprint density at radius 1 is 1.65 bits per heavy atom. The van der Waals surface area contributed by atoms with Crippen molar-refractivity contribution in [1.29, 1.82) is 0 Å². The fraction of sp³-hybridized carbons (Fsp3) is 0.583. The fourth-order valence-corrected chi connectivity index (χ4v) is 2.84. The summed E-state index contributed by atoms with van der Waals surface area (Å²) < 4.78 is 10.6.